The zero-order chi connectivity index (χ0) is 53.6. The Hall–Kier alpha value is -3.67. The van der Waals surface area contributed by atoms with E-state index in [1.165, 1.54) is 173 Å². The summed E-state index contributed by atoms with van der Waals surface area (Å²) in [5, 5.41) is 0. The van der Waals surface area contributed by atoms with Gasteiger partial charge in [0.25, 0.3) is 0 Å². The van der Waals surface area contributed by atoms with Gasteiger partial charge in [-0.1, -0.05) is 291 Å². The number of carbonyl (C=O) groups is 3. The van der Waals surface area contributed by atoms with Crippen molar-refractivity contribution >= 4 is 17.9 Å². The molecule has 6 heteroatoms. The van der Waals surface area contributed by atoms with Crippen molar-refractivity contribution in [2.45, 2.75) is 303 Å². The lowest BCUT2D eigenvalue weighted by Crippen LogP contribution is -2.30. The fourth-order valence-corrected chi connectivity index (χ4v) is 8.70. The van der Waals surface area contributed by atoms with Crippen LogP contribution in [0, 0.1) is 0 Å². The minimum Gasteiger partial charge on any atom is -0.462 e. The molecule has 0 amide bonds. The van der Waals surface area contributed by atoms with E-state index in [9.17, 15) is 14.4 Å². The first-order chi connectivity index (χ1) is 36.5. The Bertz CT molecular complexity index is 1460. The van der Waals surface area contributed by atoms with E-state index in [1.807, 2.05) is 6.08 Å². The van der Waals surface area contributed by atoms with Gasteiger partial charge in [-0.3, -0.25) is 14.4 Å². The Morgan fingerprint density at radius 2 is 0.595 bits per heavy atom. The van der Waals surface area contributed by atoms with E-state index in [0.29, 0.717) is 19.3 Å². The highest BCUT2D eigenvalue weighted by Crippen LogP contribution is 2.16. The van der Waals surface area contributed by atoms with Gasteiger partial charge in [-0.25, -0.2) is 0 Å². The van der Waals surface area contributed by atoms with E-state index in [1.54, 1.807) is 0 Å². The van der Waals surface area contributed by atoms with Gasteiger partial charge < -0.3 is 14.2 Å². The predicted molar refractivity (Wildman–Crippen MR) is 320 cm³/mol. The molecule has 0 aliphatic rings. The first kappa shape index (κ1) is 70.3. The predicted octanol–water partition coefficient (Wildman–Crippen LogP) is 21.3. The number of unbranched alkanes of at least 4 members (excludes halogenated alkanes) is 30. The average Bonchev–Trinajstić information content (AvgIpc) is 3.40. The smallest absolute Gasteiger partial charge is 0.306 e. The molecule has 74 heavy (non-hydrogen) atoms. The lowest BCUT2D eigenvalue weighted by Gasteiger charge is -2.18. The highest BCUT2D eigenvalue weighted by molar-refractivity contribution is 5.71. The summed E-state index contributed by atoms with van der Waals surface area (Å²) in [4.78, 5) is 38.3. The second-order valence-electron chi connectivity index (χ2n) is 20.6. The molecular formula is C68H116O6. The maximum atomic E-state index is 12.9. The second kappa shape index (κ2) is 61.9. The summed E-state index contributed by atoms with van der Waals surface area (Å²) in [6.07, 6.45) is 82.7. The number of carbonyl (C=O) groups excluding carboxylic acids is 3. The first-order valence-electron chi connectivity index (χ1n) is 31.3. The van der Waals surface area contributed by atoms with Gasteiger partial charge in [0.15, 0.2) is 6.10 Å². The Kier molecular flexibility index (Phi) is 58.8. The van der Waals surface area contributed by atoms with E-state index in [2.05, 4.69) is 112 Å². The van der Waals surface area contributed by atoms with Crippen LogP contribution in [0.1, 0.15) is 297 Å². The fraction of sp³-hybridized carbons (Fsp3) is 0.721. The summed E-state index contributed by atoms with van der Waals surface area (Å²) in [7, 11) is 0. The van der Waals surface area contributed by atoms with Gasteiger partial charge in [-0.2, -0.15) is 0 Å². The van der Waals surface area contributed by atoms with Crippen LogP contribution in [0.15, 0.2) is 97.2 Å². The molecule has 1 unspecified atom stereocenters. The molecule has 0 fully saturated rings. The summed E-state index contributed by atoms with van der Waals surface area (Å²) in [6.45, 7) is 6.46. The Labute approximate surface area is 457 Å². The maximum Gasteiger partial charge on any atom is 0.306 e. The van der Waals surface area contributed by atoms with Crippen molar-refractivity contribution in [3.8, 4) is 0 Å². The number of rotatable bonds is 56. The summed E-state index contributed by atoms with van der Waals surface area (Å²) in [6, 6.07) is 0. The van der Waals surface area contributed by atoms with E-state index in [0.717, 1.165) is 77.0 Å². The van der Waals surface area contributed by atoms with Crippen LogP contribution in [0.4, 0.5) is 0 Å². The summed E-state index contributed by atoms with van der Waals surface area (Å²) in [5.41, 5.74) is 0. The van der Waals surface area contributed by atoms with E-state index < -0.39 is 6.10 Å². The van der Waals surface area contributed by atoms with Crippen molar-refractivity contribution in [1.29, 1.82) is 0 Å². The Morgan fingerprint density at radius 3 is 0.986 bits per heavy atom. The number of ether oxygens (including phenoxy) is 3. The Balaban J connectivity index is 4.48. The minimum absolute atomic E-state index is 0.0999. The first-order valence-corrected chi connectivity index (χ1v) is 31.3. The molecule has 0 aromatic carbocycles. The van der Waals surface area contributed by atoms with Gasteiger partial charge in [0.05, 0.1) is 0 Å². The molecule has 0 aromatic heterocycles. The molecule has 6 nitrogen and oxygen atoms in total. The van der Waals surface area contributed by atoms with E-state index in [-0.39, 0.29) is 37.5 Å². The Morgan fingerprint density at radius 1 is 0.297 bits per heavy atom. The van der Waals surface area contributed by atoms with Crippen LogP contribution in [-0.2, 0) is 28.6 Å². The highest BCUT2D eigenvalue weighted by atomic mass is 16.6. The lowest BCUT2D eigenvalue weighted by atomic mass is 10.0. The largest absolute Gasteiger partial charge is 0.462 e. The van der Waals surface area contributed by atoms with Gasteiger partial charge in [-0.15, -0.1) is 0 Å². The molecule has 0 radical (unpaired) electrons. The standard InChI is InChI=1S/C68H116O6/c1-4-7-10-13-16-19-22-25-28-31-34-37-40-43-46-49-52-55-58-61-67(70)73-64-65(63-72-66(69)60-57-54-51-48-45-42-39-36-33-30-27-24-21-18-15-12-9-6-3)74-68(71)62-59-56-53-50-47-44-41-38-35-32-29-26-23-20-17-14-11-8-5-2/h7,10,16-17,19-20,23,25-26,28,34,37,43,46,52,55,65H,4-6,8-9,11-15,18,21-22,24,27,29-33,35-36,38-42,44-45,47-51,53-54,56-64H2,1-3H3/b10-7-,19-16-,20-17-,26-23-,28-25-,37-34-,46-43-,55-52-. The zero-order valence-electron chi connectivity index (χ0n) is 48.6. The van der Waals surface area contributed by atoms with Crippen LogP contribution < -0.4 is 0 Å². The van der Waals surface area contributed by atoms with Crippen molar-refractivity contribution in [3.05, 3.63) is 97.2 Å². The quantitative estimate of drug-likeness (QED) is 0.0199. The highest BCUT2D eigenvalue weighted by Gasteiger charge is 2.19. The summed E-state index contributed by atoms with van der Waals surface area (Å²) >= 11 is 0. The van der Waals surface area contributed by atoms with E-state index >= 15 is 0 Å². The van der Waals surface area contributed by atoms with Crippen LogP contribution in [-0.4, -0.2) is 37.2 Å². The molecule has 0 rings (SSSR count). The molecule has 0 saturated carbocycles. The van der Waals surface area contributed by atoms with Crippen LogP contribution in [0.25, 0.3) is 0 Å². The van der Waals surface area contributed by atoms with Gasteiger partial charge in [0.2, 0.25) is 0 Å². The van der Waals surface area contributed by atoms with Crippen molar-refractivity contribution < 1.29 is 28.6 Å². The van der Waals surface area contributed by atoms with Gasteiger partial charge in [-0.05, 0) is 83.5 Å². The molecule has 424 valence electrons. The van der Waals surface area contributed by atoms with Gasteiger partial charge in [0.1, 0.15) is 13.2 Å². The monoisotopic (exact) mass is 1030 g/mol. The van der Waals surface area contributed by atoms with Crippen molar-refractivity contribution in [3.63, 3.8) is 0 Å². The van der Waals surface area contributed by atoms with Crippen molar-refractivity contribution in [2.75, 3.05) is 13.2 Å². The van der Waals surface area contributed by atoms with Crippen molar-refractivity contribution in [1.82, 2.24) is 0 Å². The molecule has 0 spiro atoms. The average molecular weight is 1030 g/mol. The van der Waals surface area contributed by atoms with Crippen LogP contribution in [0.2, 0.25) is 0 Å². The number of hydrogen-bond donors (Lipinski definition) is 0. The van der Waals surface area contributed by atoms with Crippen molar-refractivity contribution in [2.24, 2.45) is 0 Å². The third-order valence-electron chi connectivity index (χ3n) is 13.4. The topological polar surface area (TPSA) is 78.9 Å². The molecule has 0 bridgehead atoms. The normalized spacial score (nSPS) is 12.7. The summed E-state index contributed by atoms with van der Waals surface area (Å²) < 4.78 is 16.9. The third kappa shape index (κ3) is 59.2. The van der Waals surface area contributed by atoms with E-state index in [4.69, 9.17) is 14.2 Å². The fourth-order valence-electron chi connectivity index (χ4n) is 8.70. The molecule has 1 atom stereocenters. The molecule has 0 aliphatic heterocycles. The SMILES string of the molecule is CC/C=C\C/C=C\C/C=C\C/C=C\C/C=C\C/C=C\CCC(=O)OCC(COC(=O)CCCCCCCCCCCCCCCCCCCC)OC(=O)CCCCCCCCCCCC/C=C\C=C/CCCCC. The molecule has 0 N–H and O–H groups in total. The molecule has 0 heterocycles. The van der Waals surface area contributed by atoms with Gasteiger partial charge in [0, 0.05) is 19.3 Å². The number of esters is 3. The maximum absolute atomic E-state index is 12.9. The number of allylic oxidation sites excluding steroid dienone is 16. The molecule has 0 saturated heterocycles. The molecule has 0 aliphatic carbocycles. The number of hydrogen-bond acceptors (Lipinski definition) is 6. The molecular weight excluding hydrogens is 913 g/mol. The summed E-state index contributed by atoms with van der Waals surface area (Å²) in [5.74, 6) is -0.981. The van der Waals surface area contributed by atoms with Crippen LogP contribution >= 0.6 is 0 Å². The third-order valence-corrected chi connectivity index (χ3v) is 13.4. The van der Waals surface area contributed by atoms with Crippen LogP contribution in [0.5, 0.6) is 0 Å². The zero-order valence-corrected chi connectivity index (χ0v) is 48.6. The second-order valence-corrected chi connectivity index (χ2v) is 20.6. The molecule has 0 aromatic rings. The van der Waals surface area contributed by atoms with Gasteiger partial charge >= 0.3 is 17.9 Å². The minimum atomic E-state index is -0.810. The lowest BCUT2D eigenvalue weighted by molar-refractivity contribution is -0.166. The van der Waals surface area contributed by atoms with Crippen LogP contribution in [0.3, 0.4) is 0 Å².